The molecule has 0 amide bonds. The lowest BCUT2D eigenvalue weighted by Crippen LogP contribution is -2.33. The van der Waals surface area contributed by atoms with Crippen LogP contribution in [0.5, 0.6) is 11.5 Å². The number of hydrogen-bond donors (Lipinski definition) is 2. The van der Waals surface area contributed by atoms with E-state index in [-0.39, 0.29) is 11.0 Å². The molecule has 0 saturated carbocycles. The van der Waals surface area contributed by atoms with Gasteiger partial charge in [0.15, 0.2) is 5.13 Å². The Hall–Kier alpha value is -2.66. The number of ether oxygens (including phenoxy) is 2. The predicted octanol–water partition coefficient (Wildman–Crippen LogP) is 4.85. The first-order valence-electron chi connectivity index (χ1n) is 11.8. The van der Waals surface area contributed by atoms with Crippen LogP contribution in [0.15, 0.2) is 52.7 Å². The van der Waals surface area contributed by atoms with Gasteiger partial charge in [-0.1, -0.05) is 6.42 Å². The van der Waals surface area contributed by atoms with Crippen LogP contribution in [0.25, 0.3) is 11.3 Å². The maximum atomic E-state index is 11.8. The summed E-state index contributed by atoms with van der Waals surface area (Å²) >= 11 is 1.42. The smallest absolute Gasteiger partial charge is 0.238 e. The zero-order chi connectivity index (χ0) is 24.8. The monoisotopic (exact) mass is 516 g/mol. The molecule has 1 aliphatic rings. The third-order valence-corrected chi connectivity index (χ3v) is 7.33. The van der Waals surface area contributed by atoms with E-state index in [0.717, 1.165) is 23.6 Å². The largest absolute Gasteiger partial charge is 0.492 e. The van der Waals surface area contributed by atoms with Crippen LogP contribution in [-0.2, 0) is 10.0 Å². The Kier molecular flexibility index (Phi) is 8.27. The molecule has 188 valence electrons. The second kappa shape index (κ2) is 11.4. The fourth-order valence-corrected chi connectivity index (χ4v) is 5.19. The molecule has 8 nitrogen and oxygen atoms in total. The van der Waals surface area contributed by atoms with Gasteiger partial charge in [0.25, 0.3) is 0 Å². The second-order valence-corrected chi connectivity index (χ2v) is 11.2. The van der Waals surface area contributed by atoms with Crippen molar-refractivity contribution >= 4 is 32.2 Å². The van der Waals surface area contributed by atoms with Crippen LogP contribution < -0.4 is 19.9 Å². The summed E-state index contributed by atoms with van der Waals surface area (Å²) in [5.74, 6) is 1.37. The minimum atomic E-state index is -3.85. The second-order valence-electron chi connectivity index (χ2n) is 8.81. The Morgan fingerprint density at radius 2 is 1.86 bits per heavy atom. The first-order valence-corrected chi connectivity index (χ1v) is 14.2. The molecule has 4 rings (SSSR count). The van der Waals surface area contributed by atoms with E-state index in [1.54, 1.807) is 6.07 Å². The molecule has 3 N–H and O–H groups in total. The van der Waals surface area contributed by atoms with Gasteiger partial charge < -0.3 is 14.8 Å². The SMILES string of the molecule is CC(C)Oc1ccc(S(N)(=O)=O)cc1Nc1nc(-c2ccc(OCCN3CCCCC3)cc2)cs1. The van der Waals surface area contributed by atoms with E-state index in [4.69, 9.17) is 14.6 Å². The molecule has 1 saturated heterocycles. The van der Waals surface area contributed by atoms with E-state index >= 15 is 0 Å². The van der Waals surface area contributed by atoms with Crippen molar-refractivity contribution in [2.45, 2.75) is 44.1 Å². The molecule has 0 aliphatic carbocycles. The highest BCUT2D eigenvalue weighted by Gasteiger charge is 2.15. The molecule has 0 radical (unpaired) electrons. The highest BCUT2D eigenvalue weighted by atomic mass is 32.2. The number of benzene rings is 2. The molecule has 2 heterocycles. The van der Waals surface area contributed by atoms with Crippen molar-refractivity contribution in [3.8, 4) is 22.8 Å². The lowest BCUT2D eigenvalue weighted by Gasteiger charge is -2.26. The van der Waals surface area contributed by atoms with E-state index in [9.17, 15) is 8.42 Å². The lowest BCUT2D eigenvalue weighted by molar-refractivity contribution is 0.183. The number of sulfonamides is 1. The molecule has 0 atom stereocenters. The summed E-state index contributed by atoms with van der Waals surface area (Å²) in [5, 5.41) is 11.1. The van der Waals surface area contributed by atoms with Gasteiger partial charge in [-0.2, -0.15) is 0 Å². The van der Waals surface area contributed by atoms with Gasteiger partial charge in [-0.3, -0.25) is 4.90 Å². The molecule has 10 heteroatoms. The average Bonchev–Trinajstić information content (AvgIpc) is 3.29. The van der Waals surface area contributed by atoms with Crippen molar-refractivity contribution in [1.29, 1.82) is 0 Å². The van der Waals surface area contributed by atoms with Gasteiger partial charge >= 0.3 is 0 Å². The van der Waals surface area contributed by atoms with E-state index in [0.29, 0.717) is 23.2 Å². The number of hydrogen-bond acceptors (Lipinski definition) is 8. The van der Waals surface area contributed by atoms with Crippen molar-refractivity contribution in [3.05, 3.63) is 47.8 Å². The molecule has 2 aromatic carbocycles. The average molecular weight is 517 g/mol. The van der Waals surface area contributed by atoms with Gasteiger partial charge in [-0.25, -0.2) is 18.5 Å². The first-order chi connectivity index (χ1) is 16.8. The predicted molar refractivity (Wildman–Crippen MR) is 140 cm³/mol. The van der Waals surface area contributed by atoms with Crippen LogP contribution >= 0.6 is 11.3 Å². The number of nitrogens with one attached hydrogen (secondary N) is 1. The highest BCUT2D eigenvalue weighted by molar-refractivity contribution is 7.89. The number of piperidine rings is 1. The summed E-state index contributed by atoms with van der Waals surface area (Å²) in [7, 11) is -3.85. The van der Waals surface area contributed by atoms with Crippen molar-refractivity contribution in [2.75, 3.05) is 31.6 Å². The van der Waals surface area contributed by atoms with Crippen molar-refractivity contribution in [2.24, 2.45) is 5.14 Å². The topological polar surface area (TPSA) is 107 Å². The molecular weight excluding hydrogens is 484 g/mol. The van der Waals surface area contributed by atoms with Crippen LogP contribution in [0.3, 0.4) is 0 Å². The molecule has 0 spiro atoms. The fraction of sp³-hybridized carbons (Fsp3) is 0.400. The number of nitrogens with two attached hydrogens (primary N) is 1. The zero-order valence-corrected chi connectivity index (χ0v) is 21.7. The third-order valence-electron chi connectivity index (χ3n) is 5.66. The van der Waals surface area contributed by atoms with Gasteiger partial charge in [0.05, 0.1) is 22.4 Å². The number of aromatic nitrogens is 1. The fourth-order valence-electron chi connectivity index (χ4n) is 3.92. The molecule has 1 aliphatic heterocycles. The van der Waals surface area contributed by atoms with Gasteiger partial charge in [0, 0.05) is 17.5 Å². The Morgan fingerprint density at radius 1 is 1.11 bits per heavy atom. The molecule has 1 aromatic heterocycles. The van der Waals surface area contributed by atoms with E-state index in [1.165, 1.54) is 55.8 Å². The Labute approximate surface area is 211 Å². The van der Waals surface area contributed by atoms with Gasteiger partial charge in [-0.15, -0.1) is 11.3 Å². The Morgan fingerprint density at radius 3 is 2.54 bits per heavy atom. The van der Waals surface area contributed by atoms with Gasteiger partial charge in [0.1, 0.15) is 18.1 Å². The summed E-state index contributed by atoms with van der Waals surface area (Å²) in [6, 6.07) is 12.4. The number of rotatable bonds is 10. The highest BCUT2D eigenvalue weighted by Crippen LogP contribution is 2.34. The number of thiazole rings is 1. The standard InChI is InChI=1S/C25H32N4O4S2/c1-18(2)33-24-11-10-21(35(26,30)31)16-22(24)27-25-28-23(17-34-25)19-6-8-20(9-7-19)32-15-14-29-12-4-3-5-13-29/h6-11,16-18H,3-5,12-15H2,1-2H3,(H,27,28)(H2,26,30,31). The number of nitrogens with zero attached hydrogens (tertiary/aromatic N) is 2. The number of anilines is 2. The minimum Gasteiger partial charge on any atom is -0.492 e. The summed E-state index contributed by atoms with van der Waals surface area (Å²) < 4.78 is 35.4. The molecular formula is C25H32N4O4S2. The molecule has 3 aromatic rings. The summed E-state index contributed by atoms with van der Waals surface area (Å²) in [4.78, 5) is 7.12. The van der Waals surface area contributed by atoms with Gasteiger partial charge in [-0.05, 0) is 82.2 Å². The maximum Gasteiger partial charge on any atom is 0.238 e. The van der Waals surface area contributed by atoms with Crippen LogP contribution in [0.4, 0.5) is 10.8 Å². The Bertz CT molecular complexity index is 1220. The van der Waals surface area contributed by atoms with Crippen LogP contribution in [0.2, 0.25) is 0 Å². The van der Waals surface area contributed by atoms with Crippen molar-refractivity contribution in [1.82, 2.24) is 9.88 Å². The third kappa shape index (κ3) is 7.17. The maximum absolute atomic E-state index is 11.8. The quantitative estimate of drug-likeness (QED) is 0.397. The van der Waals surface area contributed by atoms with Gasteiger partial charge in [0.2, 0.25) is 10.0 Å². The van der Waals surface area contributed by atoms with Crippen molar-refractivity contribution in [3.63, 3.8) is 0 Å². The van der Waals surface area contributed by atoms with Crippen molar-refractivity contribution < 1.29 is 17.9 Å². The summed E-state index contributed by atoms with van der Waals surface area (Å²) in [6.07, 6.45) is 3.82. The molecule has 0 unspecified atom stereocenters. The normalized spacial score (nSPS) is 14.7. The van der Waals surface area contributed by atoms with Crippen LogP contribution in [-0.4, -0.2) is 50.6 Å². The van der Waals surface area contributed by atoms with E-state index in [2.05, 4.69) is 15.2 Å². The molecule has 1 fully saturated rings. The summed E-state index contributed by atoms with van der Waals surface area (Å²) in [6.45, 7) is 7.78. The number of likely N-dealkylation sites (tertiary alicyclic amines) is 1. The van der Waals surface area contributed by atoms with E-state index < -0.39 is 10.0 Å². The lowest BCUT2D eigenvalue weighted by atomic mass is 10.1. The number of primary sulfonamides is 1. The minimum absolute atomic E-state index is 0.00348. The van der Waals surface area contributed by atoms with Crippen LogP contribution in [0, 0.1) is 0 Å². The Balaban J connectivity index is 1.41. The van der Waals surface area contributed by atoms with Crippen LogP contribution in [0.1, 0.15) is 33.1 Å². The zero-order valence-electron chi connectivity index (χ0n) is 20.1. The summed E-state index contributed by atoms with van der Waals surface area (Å²) in [5.41, 5.74) is 2.27. The van der Waals surface area contributed by atoms with E-state index in [1.807, 2.05) is 43.5 Å². The molecule has 0 bridgehead atoms. The first kappa shape index (κ1) is 25.4. The molecule has 35 heavy (non-hydrogen) atoms.